The minimum absolute atomic E-state index is 0.0568. The van der Waals surface area contributed by atoms with Crippen molar-refractivity contribution in [3.05, 3.63) is 59.1 Å². The van der Waals surface area contributed by atoms with Crippen molar-refractivity contribution in [1.82, 2.24) is 20.2 Å². The number of fused-ring (bicyclic) bond motifs is 1. The van der Waals surface area contributed by atoms with Gasteiger partial charge in [-0.1, -0.05) is 73.6 Å². The molecular formula is C22H24ClN5O2S. The molecule has 1 aromatic heterocycles. The lowest BCUT2D eigenvalue weighted by Gasteiger charge is -2.33. The second-order valence-corrected chi connectivity index (χ2v) is 9.20. The predicted molar refractivity (Wildman–Crippen MR) is 123 cm³/mol. The molecule has 0 radical (unpaired) electrons. The highest BCUT2D eigenvalue weighted by molar-refractivity contribution is 8.00. The van der Waals surface area contributed by atoms with Gasteiger partial charge in [0.2, 0.25) is 11.1 Å². The molecule has 0 aliphatic carbocycles. The highest BCUT2D eigenvalue weighted by Gasteiger charge is 2.38. The maximum Gasteiger partial charge on any atom is 0.236 e. The first-order valence-corrected chi connectivity index (χ1v) is 11.3. The van der Waals surface area contributed by atoms with E-state index in [2.05, 4.69) is 34.8 Å². The van der Waals surface area contributed by atoms with Gasteiger partial charge in [0.25, 0.3) is 0 Å². The standard InChI is InChI=1S/C22H24ClN5O2S/c1-13(2)12-24-21(29)19-18(15-9-10-17(30-3)16(23)11-15)27-28-20(25-26-22(28)31-19)14-7-5-4-6-8-14/h4-11,13,18-19,27H,12H2,1-3H3,(H,24,29)/t18-,19+/m1/s1. The van der Waals surface area contributed by atoms with Crippen LogP contribution in [0.5, 0.6) is 5.75 Å². The van der Waals surface area contributed by atoms with E-state index in [-0.39, 0.29) is 11.9 Å². The summed E-state index contributed by atoms with van der Waals surface area (Å²) in [7, 11) is 1.58. The largest absolute Gasteiger partial charge is 0.495 e. The predicted octanol–water partition coefficient (Wildman–Crippen LogP) is 4.14. The number of amides is 1. The molecule has 1 amide bonds. The highest BCUT2D eigenvalue weighted by atomic mass is 35.5. The summed E-state index contributed by atoms with van der Waals surface area (Å²) in [4.78, 5) is 13.1. The van der Waals surface area contributed by atoms with Crippen molar-refractivity contribution < 1.29 is 9.53 Å². The van der Waals surface area contributed by atoms with Crippen LogP contribution in [0.25, 0.3) is 11.4 Å². The van der Waals surface area contributed by atoms with E-state index >= 15 is 0 Å². The van der Waals surface area contributed by atoms with Crippen molar-refractivity contribution in [3.63, 3.8) is 0 Å². The molecule has 4 rings (SSSR count). The molecule has 7 nitrogen and oxygen atoms in total. The van der Waals surface area contributed by atoms with Crippen LogP contribution in [0, 0.1) is 5.92 Å². The van der Waals surface area contributed by atoms with Gasteiger partial charge in [0, 0.05) is 12.1 Å². The van der Waals surface area contributed by atoms with Gasteiger partial charge in [0.15, 0.2) is 5.82 Å². The lowest BCUT2D eigenvalue weighted by Crippen LogP contribution is -2.44. The van der Waals surface area contributed by atoms with Crippen molar-refractivity contribution >= 4 is 29.3 Å². The zero-order chi connectivity index (χ0) is 22.0. The molecule has 0 saturated carbocycles. The number of benzene rings is 2. The van der Waals surface area contributed by atoms with Crippen molar-refractivity contribution in [3.8, 4) is 17.1 Å². The third-order valence-electron chi connectivity index (χ3n) is 4.95. The van der Waals surface area contributed by atoms with Crippen LogP contribution in [0.15, 0.2) is 53.7 Å². The highest BCUT2D eigenvalue weighted by Crippen LogP contribution is 2.40. The van der Waals surface area contributed by atoms with Crippen LogP contribution in [0.2, 0.25) is 5.02 Å². The summed E-state index contributed by atoms with van der Waals surface area (Å²) < 4.78 is 7.13. The van der Waals surface area contributed by atoms with Crippen LogP contribution >= 0.6 is 23.4 Å². The van der Waals surface area contributed by atoms with Gasteiger partial charge in [0.05, 0.1) is 18.2 Å². The fraction of sp³-hybridized carbons (Fsp3) is 0.318. The number of aromatic nitrogens is 3. The molecule has 0 spiro atoms. The van der Waals surface area contributed by atoms with Gasteiger partial charge in [-0.05, 0) is 23.6 Å². The normalized spacial score (nSPS) is 17.7. The van der Waals surface area contributed by atoms with Crippen LogP contribution in [-0.4, -0.2) is 39.7 Å². The number of nitrogens with zero attached hydrogens (tertiary/aromatic N) is 3. The van der Waals surface area contributed by atoms with Gasteiger partial charge in [-0.3, -0.25) is 4.79 Å². The Bertz CT molecular complexity index is 1070. The first-order chi connectivity index (χ1) is 15.0. The van der Waals surface area contributed by atoms with Crippen molar-refractivity contribution in [2.24, 2.45) is 5.92 Å². The number of carbonyl (C=O) groups is 1. The summed E-state index contributed by atoms with van der Waals surface area (Å²) in [6.07, 6.45) is 0. The van der Waals surface area contributed by atoms with Crippen LogP contribution in [0.4, 0.5) is 0 Å². The zero-order valence-electron chi connectivity index (χ0n) is 17.5. The minimum atomic E-state index is -0.441. The van der Waals surface area contributed by atoms with E-state index in [0.29, 0.717) is 34.2 Å². The van der Waals surface area contributed by atoms with E-state index in [4.69, 9.17) is 16.3 Å². The molecule has 0 bridgehead atoms. The second kappa shape index (κ2) is 9.20. The first-order valence-electron chi connectivity index (χ1n) is 10.0. The van der Waals surface area contributed by atoms with Gasteiger partial charge < -0.3 is 15.5 Å². The van der Waals surface area contributed by atoms with Crippen molar-refractivity contribution in [2.75, 3.05) is 19.1 Å². The molecule has 162 valence electrons. The quantitative estimate of drug-likeness (QED) is 0.579. The third-order valence-corrected chi connectivity index (χ3v) is 6.46. The topological polar surface area (TPSA) is 81.1 Å². The van der Waals surface area contributed by atoms with Crippen LogP contribution in [0.1, 0.15) is 25.5 Å². The summed E-state index contributed by atoms with van der Waals surface area (Å²) in [5.74, 6) is 1.57. The maximum atomic E-state index is 13.1. The molecule has 1 aliphatic rings. The van der Waals surface area contributed by atoms with Gasteiger partial charge in [-0.25, -0.2) is 4.68 Å². The average molecular weight is 458 g/mol. The van der Waals surface area contributed by atoms with Crippen LogP contribution < -0.4 is 15.5 Å². The Morgan fingerprint density at radius 1 is 1.26 bits per heavy atom. The number of hydrogen-bond acceptors (Lipinski definition) is 6. The lowest BCUT2D eigenvalue weighted by atomic mass is 10.0. The number of nitrogens with one attached hydrogen (secondary N) is 2. The van der Waals surface area contributed by atoms with E-state index in [1.54, 1.807) is 7.11 Å². The average Bonchev–Trinajstić information content (AvgIpc) is 3.20. The van der Waals surface area contributed by atoms with Gasteiger partial charge >= 0.3 is 0 Å². The number of rotatable bonds is 6. The number of methoxy groups -OCH3 is 1. The lowest BCUT2D eigenvalue weighted by molar-refractivity contribution is -0.121. The fourth-order valence-corrected chi connectivity index (χ4v) is 4.73. The number of carbonyl (C=O) groups excluding carboxylic acids is 1. The molecule has 31 heavy (non-hydrogen) atoms. The van der Waals surface area contributed by atoms with Gasteiger partial charge in [-0.2, -0.15) is 0 Å². The summed E-state index contributed by atoms with van der Waals surface area (Å²) in [5.41, 5.74) is 5.26. The number of halogens is 1. The molecule has 2 atom stereocenters. The molecule has 2 N–H and O–H groups in total. The summed E-state index contributed by atoms with van der Waals surface area (Å²) in [5, 5.41) is 12.4. The van der Waals surface area contributed by atoms with Crippen LogP contribution in [0.3, 0.4) is 0 Å². The SMILES string of the molecule is COc1ccc([C@H]2Nn3c(nnc3-c3ccccc3)S[C@@H]2C(=O)NCC(C)C)cc1Cl. The zero-order valence-corrected chi connectivity index (χ0v) is 19.1. The summed E-state index contributed by atoms with van der Waals surface area (Å²) >= 11 is 7.78. The summed E-state index contributed by atoms with van der Waals surface area (Å²) in [6.45, 7) is 4.74. The van der Waals surface area contributed by atoms with Crippen molar-refractivity contribution in [2.45, 2.75) is 30.3 Å². The van der Waals surface area contributed by atoms with Gasteiger partial charge in [0.1, 0.15) is 11.0 Å². The molecular weight excluding hydrogens is 434 g/mol. The Hall–Kier alpha value is -2.71. The fourth-order valence-electron chi connectivity index (χ4n) is 3.36. The molecule has 0 saturated heterocycles. The third kappa shape index (κ3) is 4.50. The molecule has 2 heterocycles. The molecule has 0 fully saturated rings. The van der Waals surface area contributed by atoms with E-state index in [1.807, 2.05) is 53.2 Å². The van der Waals surface area contributed by atoms with Gasteiger partial charge in [-0.15, -0.1) is 10.2 Å². The Kier molecular flexibility index (Phi) is 6.38. The smallest absolute Gasteiger partial charge is 0.236 e. The molecule has 1 aliphatic heterocycles. The van der Waals surface area contributed by atoms with E-state index in [1.165, 1.54) is 11.8 Å². The Labute approximate surface area is 190 Å². The maximum absolute atomic E-state index is 13.1. The molecule has 2 aromatic carbocycles. The Morgan fingerprint density at radius 3 is 2.71 bits per heavy atom. The van der Waals surface area contributed by atoms with Crippen LogP contribution in [-0.2, 0) is 4.79 Å². The Morgan fingerprint density at radius 2 is 2.03 bits per heavy atom. The first kappa shape index (κ1) is 21.5. The molecule has 0 unspecified atom stereocenters. The van der Waals surface area contributed by atoms with E-state index in [9.17, 15) is 4.79 Å². The van der Waals surface area contributed by atoms with E-state index < -0.39 is 5.25 Å². The number of hydrogen-bond donors (Lipinski definition) is 2. The van der Waals surface area contributed by atoms with Crippen molar-refractivity contribution in [1.29, 1.82) is 0 Å². The number of ether oxygens (including phenoxy) is 1. The molecule has 3 aromatic rings. The molecule has 9 heteroatoms. The number of thioether (sulfide) groups is 1. The Balaban J connectivity index is 1.72. The minimum Gasteiger partial charge on any atom is -0.495 e. The second-order valence-electron chi connectivity index (χ2n) is 7.69. The monoisotopic (exact) mass is 457 g/mol. The van der Waals surface area contributed by atoms with E-state index in [0.717, 1.165) is 11.1 Å². The summed E-state index contributed by atoms with van der Waals surface area (Å²) in [6, 6.07) is 15.0.